The number of carbonyl (C=O) groups excluding carboxylic acids is 1. The van der Waals surface area contributed by atoms with Gasteiger partial charge in [0.05, 0.1) is 18.7 Å². The highest BCUT2D eigenvalue weighted by molar-refractivity contribution is 5.77. The van der Waals surface area contributed by atoms with Crippen LogP contribution in [-0.2, 0) is 14.3 Å². The number of ether oxygens (including phenoxy) is 1. The summed E-state index contributed by atoms with van der Waals surface area (Å²) in [4.78, 5) is 23.7. The van der Waals surface area contributed by atoms with Gasteiger partial charge in [-0.1, -0.05) is 12.8 Å². The lowest BCUT2D eigenvalue weighted by Gasteiger charge is -2.42. The summed E-state index contributed by atoms with van der Waals surface area (Å²) in [5.74, 6) is -1.40. The number of primary amides is 1. The quantitative estimate of drug-likeness (QED) is 0.752. The van der Waals surface area contributed by atoms with Crippen molar-refractivity contribution in [2.24, 2.45) is 5.73 Å². The summed E-state index contributed by atoms with van der Waals surface area (Å²) in [6.07, 6.45) is 6.00. The van der Waals surface area contributed by atoms with E-state index in [1.54, 1.807) is 4.90 Å². The second kappa shape index (κ2) is 5.88. The summed E-state index contributed by atoms with van der Waals surface area (Å²) >= 11 is 0. The van der Waals surface area contributed by atoms with Gasteiger partial charge in [0, 0.05) is 12.6 Å². The van der Waals surface area contributed by atoms with Crippen LogP contribution in [0.15, 0.2) is 0 Å². The van der Waals surface area contributed by atoms with Crippen LogP contribution in [0.5, 0.6) is 0 Å². The number of carboxylic acids is 1. The Bertz CT molecular complexity index is 337. The van der Waals surface area contributed by atoms with Crippen LogP contribution in [0.25, 0.3) is 0 Å². The third kappa shape index (κ3) is 3.67. The molecule has 6 nitrogen and oxygen atoms in total. The number of carbonyl (C=O) groups is 2. The van der Waals surface area contributed by atoms with Crippen LogP contribution >= 0.6 is 0 Å². The molecule has 1 unspecified atom stereocenters. The molecule has 1 saturated carbocycles. The zero-order valence-corrected chi connectivity index (χ0v) is 11.1. The number of nitrogens with zero attached hydrogens (tertiary/aromatic N) is 1. The van der Waals surface area contributed by atoms with E-state index in [1.165, 1.54) is 12.8 Å². The van der Waals surface area contributed by atoms with Gasteiger partial charge in [-0.3, -0.25) is 14.5 Å². The molecular formula is C13H22N2O4. The number of carboxylic acid groups (broad SMARTS) is 1. The molecule has 3 N–H and O–H groups in total. The Morgan fingerprint density at radius 3 is 2.58 bits per heavy atom. The maximum atomic E-state index is 11.1. The van der Waals surface area contributed by atoms with Crippen molar-refractivity contribution in [1.82, 2.24) is 4.90 Å². The number of nitrogens with two attached hydrogens (primary N) is 1. The van der Waals surface area contributed by atoms with E-state index in [1.807, 2.05) is 0 Å². The van der Waals surface area contributed by atoms with Crippen molar-refractivity contribution in [2.75, 3.05) is 19.7 Å². The predicted octanol–water partition coefficient (Wildman–Crippen LogP) is 0.350. The van der Waals surface area contributed by atoms with Crippen LogP contribution in [0, 0.1) is 0 Å². The highest BCUT2D eigenvalue weighted by atomic mass is 16.5. The van der Waals surface area contributed by atoms with E-state index in [4.69, 9.17) is 15.6 Å². The Labute approximate surface area is 112 Å². The minimum atomic E-state index is -0.923. The summed E-state index contributed by atoms with van der Waals surface area (Å²) in [7, 11) is 0. The van der Waals surface area contributed by atoms with Gasteiger partial charge in [-0.15, -0.1) is 0 Å². The van der Waals surface area contributed by atoms with Crippen LogP contribution in [-0.4, -0.2) is 53.2 Å². The molecule has 0 aromatic rings. The normalized spacial score (nSPS) is 25.8. The number of hydrogen-bond acceptors (Lipinski definition) is 4. The maximum Gasteiger partial charge on any atom is 0.317 e. The SMILES string of the molecule is NC(=O)CN(CC(=O)O)C1CCOC2(CCCC2)C1. The molecule has 1 heterocycles. The molecule has 2 rings (SSSR count). The number of hydrogen-bond donors (Lipinski definition) is 2. The maximum absolute atomic E-state index is 11.1. The standard InChI is InChI=1S/C13H22N2O4/c14-11(16)8-15(9-12(17)18)10-3-6-19-13(7-10)4-1-2-5-13/h10H,1-9H2,(H2,14,16)(H,17,18). The fourth-order valence-corrected chi connectivity index (χ4v) is 3.37. The van der Waals surface area contributed by atoms with Gasteiger partial charge in [0.15, 0.2) is 0 Å². The van der Waals surface area contributed by atoms with Gasteiger partial charge in [0.1, 0.15) is 0 Å². The highest BCUT2D eigenvalue weighted by Crippen LogP contribution is 2.41. The van der Waals surface area contributed by atoms with Crippen molar-refractivity contribution in [3.63, 3.8) is 0 Å². The third-order valence-corrected chi connectivity index (χ3v) is 4.20. The fraction of sp³-hybridized carbons (Fsp3) is 0.846. The van der Waals surface area contributed by atoms with Crippen LogP contribution < -0.4 is 5.73 Å². The van der Waals surface area contributed by atoms with Gasteiger partial charge in [-0.2, -0.15) is 0 Å². The van der Waals surface area contributed by atoms with Gasteiger partial charge in [-0.05, 0) is 25.7 Å². The van der Waals surface area contributed by atoms with E-state index in [0.29, 0.717) is 6.61 Å². The molecular weight excluding hydrogens is 248 g/mol. The Kier molecular flexibility index (Phi) is 4.42. The zero-order valence-electron chi connectivity index (χ0n) is 11.1. The molecule has 0 aromatic carbocycles. The number of rotatable bonds is 5. The topological polar surface area (TPSA) is 92.9 Å². The first-order valence-electron chi connectivity index (χ1n) is 6.89. The third-order valence-electron chi connectivity index (χ3n) is 4.20. The van der Waals surface area contributed by atoms with Crippen LogP contribution in [0.2, 0.25) is 0 Å². The molecule has 0 aromatic heterocycles. The second-order valence-electron chi connectivity index (χ2n) is 5.65. The summed E-state index contributed by atoms with van der Waals surface area (Å²) in [5.41, 5.74) is 5.13. The summed E-state index contributed by atoms with van der Waals surface area (Å²) < 4.78 is 5.93. The smallest absolute Gasteiger partial charge is 0.317 e. The van der Waals surface area contributed by atoms with Crippen molar-refractivity contribution in [2.45, 2.75) is 50.2 Å². The van der Waals surface area contributed by atoms with Gasteiger partial charge < -0.3 is 15.6 Å². The summed E-state index contributed by atoms with van der Waals surface area (Å²) in [6.45, 7) is 0.510. The molecule has 0 radical (unpaired) electrons. The predicted molar refractivity (Wildman–Crippen MR) is 68.6 cm³/mol. The van der Waals surface area contributed by atoms with Crippen molar-refractivity contribution in [1.29, 1.82) is 0 Å². The minimum absolute atomic E-state index is 0.00699. The van der Waals surface area contributed by atoms with E-state index in [9.17, 15) is 9.59 Å². The summed E-state index contributed by atoms with van der Waals surface area (Å²) in [6, 6.07) is 0.0791. The fourth-order valence-electron chi connectivity index (χ4n) is 3.37. The van der Waals surface area contributed by atoms with Gasteiger partial charge in [0.2, 0.25) is 5.91 Å². The molecule has 1 spiro atoms. The van der Waals surface area contributed by atoms with E-state index < -0.39 is 11.9 Å². The molecule has 1 aliphatic heterocycles. The lowest BCUT2D eigenvalue weighted by atomic mass is 9.88. The first-order chi connectivity index (χ1) is 9.01. The van der Waals surface area contributed by atoms with E-state index in [2.05, 4.69) is 0 Å². The van der Waals surface area contributed by atoms with Gasteiger partial charge in [0.25, 0.3) is 0 Å². The van der Waals surface area contributed by atoms with E-state index in [0.717, 1.165) is 25.7 Å². The largest absolute Gasteiger partial charge is 0.480 e. The molecule has 2 aliphatic rings. The number of amides is 1. The highest BCUT2D eigenvalue weighted by Gasteiger charge is 2.41. The Balaban J connectivity index is 2.03. The number of aliphatic carboxylic acids is 1. The molecule has 108 valence electrons. The van der Waals surface area contributed by atoms with Crippen LogP contribution in [0.1, 0.15) is 38.5 Å². The Hall–Kier alpha value is -1.14. The monoisotopic (exact) mass is 270 g/mol. The molecule has 1 amide bonds. The molecule has 6 heteroatoms. The molecule has 1 aliphatic carbocycles. The molecule has 1 atom stereocenters. The van der Waals surface area contributed by atoms with Crippen molar-refractivity contribution < 1.29 is 19.4 Å². The van der Waals surface area contributed by atoms with Crippen molar-refractivity contribution in [3.8, 4) is 0 Å². The first-order valence-corrected chi connectivity index (χ1v) is 6.89. The first kappa shape index (κ1) is 14.3. The molecule has 1 saturated heterocycles. The van der Waals surface area contributed by atoms with Crippen molar-refractivity contribution >= 4 is 11.9 Å². The average Bonchev–Trinajstić information content (AvgIpc) is 2.75. The van der Waals surface area contributed by atoms with E-state index >= 15 is 0 Å². The molecule has 2 fully saturated rings. The minimum Gasteiger partial charge on any atom is -0.480 e. The zero-order chi connectivity index (χ0) is 13.9. The van der Waals surface area contributed by atoms with Gasteiger partial charge in [-0.25, -0.2) is 0 Å². The average molecular weight is 270 g/mol. The Morgan fingerprint density at radius 1 is 1.32 bits per heavy atom. The lowest BCUT2D eigenvalue weighted by Crippen LogP contribution is -2.51. The summed E-state index contributed by atoms with van der Waals surface area (Å²) in [5, 5.41) is 8.96. The Morgan fingerprint density at radius 2 is 2.00 bits per heavy atom. The van der Waals surface area contributed by atoms with Crippen molar-refractivity contribution in [3.05, 3.63) is 0 Å². The lowest BCUT2D eigenvalue weighted by molar-refractivity contribution is -0.143. The second-order valence-corrected chi connectivity index (χ2v) is 5.65. The van der Waals surface area contributed by atoms with Gasteiger partial charge >= 0.3 is 5.97 Å². The van der Waals surface area contributed by atoms with Crippen LogP contribution in [0.4, 0.5) is 0 Å². The van der Waals surface area contributed by atoms with Crippen LogP contribution in [0.3, 0.4) is 0 Å². The molecule has 19 heavy (non-hydrogen) atoms. The molecule has 0 bridgehead atoms. The van der Waals surface area contributed by atoms with E-state index in [-0.39, 0.29) is 24.7 Å².